The summed E-state index contributed by atoms with van der Waals surface area (Å²) in [6.07, 6.45) is 0. The topological polar surface area (TPSA) is 9.23 Å². The molecule has 0 amide bonds. The summed E-state index contributed by atoms with van der Waals surface area (Å²) in [5.74, 6) is 0.938. The number of para-hydroxylation sites is 1. The minimum absolute atomic E-state index is 0.151. The largest absolute Gasteiger partial charge is 0.491 e. The summed E-state index contributed by atoms with van der Waals surface area (Å²) < 4.78 is 5.58. The highest BCUT2D eigenvalue weighted by Gasteiger charge is 2.31. The van der Waals surface area contributed by atoms with Gasteiger partial charge in [-0.25, -0.2) is 0 Å². The number of methoxy groups -OCH3 is 1. The van der Waals surface area contributed by atoms with E-state index < -0.39 is 0 Å². The molecule has 0 heterocycles. The zero-order chi connectivity index (χ0) is 14.5. The van der Waals surface area contributed by atoms with Gasteiger partial charge >= 0.3 is 0 Å². The van der Waals surface area contributed by atoms with Crippen LogP contribution < -0.4 is 4.74 Å². The van der Waals surface area contributed by atoms with Gasteiger partial charge < -0.3 is 4.74 Å². The van der Waals surface area contributed by atoms with Crippen LogP contribution in [-0.2, 0) is 10.9 Å². The standard InChI is InChI=1S/C19H17OS/c1-20-18-14-8-9-15-19(18)21(16-10-4-2-5-11-16)17-12-6-3-7-13-17/h2-15H,1H3/q+1. The van der Waals surface area contributed by atoms with Crippen LogP contribution in [0.3, 0.4) is 0 Å². The Morgan fingerprint density at radius 2 is 1.10 bits per heavy atom. The van der Waals surface area contributed by atoms with E-state index in [9.17, 15) is 0 Å². The predicted molar refractivity (Wildman–Crippen MR) is 88.0 cm³/mol. The van der Waals surface area contributed by atoms with E-state index in [2.05, 4.69) is 72.8 Å². The van der Waals surface area contributed by atoms with Gasteiger partial charge in [0, 0.05) is 0 Å². The Hall–Kier alpha value is -2.19. The molecule has 0 aromatic heterocycles. The molecule has 0 bridgehead atoms. The first-order valence-electron chi connectivity index (χ1n) is 6.87. The minimum atomic E-state index is -0.151. The van der Waals surface area contributed by atoms with Crippen LogP contribution in [0.4, 0.5) is 0 Å². The van der Waals surface area contributed by atoms with Crippen LogP contribution in [0, 0.1) is 0 Å². The Morgan fingerprint density at radius 1 is 0.619 bits per heavy atom. The molecule has 0 N–H and O–H groups in total. The first-order chi connectivity index (χ1) is 10.4. The molecular weight excluding hydrogens is 276 g/mol. The molecule has 3 aromatic rings. The number of rotatable bonds is 4. The molecule has 0 spiro atoms. The smallest absolute Gasteiger partial charge is 0.208 e. The summed E-state index contributed by atoms with van der Waals surface area (Å²) in [4.78, 5) is 3.82. The highest BCUT2D eigenvalue weighted by Crippen LogP contribution is 2.36. The maximum Gasteiger partial charge on any atom is 0.208 e. The molecule has 1 nitrogen and oxygen atoms in total. The Labute approximate surface area is 128 Å². The van der Waals surface area contributed by atoms with Crippen molar-refractivity contribution in [1.82, 2.24) is 0 Å². The van der Waals surface area contributed by atoms with Gasteiger partial charge in [0.15, 0.2) is 15.5 Å². The Kier molecular flexibility index (Phi) is 4.27. The Balaban J connectivity index is 2.17. The first kappa shape index (κ1) is 13.8. The van der Waals surface area contributed by atoms with Crippen LogP contribution >= 0.6 is 0 Å². The van der Waals surface area contributed by atoms with E-state index in [1.54, 1.807) is 7.11 Å². The summed E-state index contributed by atoms with van der Waals surface area (Å²) in [6.45, 7) is 0. The summed E-state index contributed by atoms with van der Waals surface area (Å²) in [5, 5.41) is 0. The molecule has 0 unspecified atom stereocenters. The van der Waals surface area contributed by atoms with Crippen LogP contribution in [0.15, 0.2) is 99.6 Å². The molecule has 0 atom stereocenters. The fraction of sp³-hybridized carbons (Fsp3) is 0.0526. The van der Waals surface area contributed by atoms with Crippen molar-refractivity contribution in [3.63, 3.8) is 0 Å². The number of ether oxygens (including phenoxy) is 1. The van der Waals surface area contributed by atoms with Gasteiger partial charge in [-0.05, 0) is 36.4 Å². The maximum atomic E-state index is 5.58. The van der Waals surface area contributed by atoms with Crippen molar-refractivity contribution in [3.8, 4) is 5.75 Å². The lowest BCUT2D eigenvalue weighted by atomic mass is 10.3. The molecule has 0 radical (unpaired) electrons. The zero-order valence-corrected chi connectivity index (χ0v) is 12.7. The van der Waals surface area contributed by atoms with Crippen LogP contribution in [0.5, 0.6) is 5.75 Å². The van der Waals surface area contributed by atoms with E-state index in [-0.39, 0.29) is 10.9 Å². The van der Waals surface area contributed by atoms with Crippen molar-refractivity contribution in [2.45, 2.75) is 14.7 Å². The summed E-state index contributed by atoms with van der Waals surface area (Å²) in [6, 6.07) is 29.5. The molecule has 0 aliphatic heterocycles. The molecule has 0 aliphatic rings. The van der Waals surface area contributed by atoms with Crippen molar-refractivity contribution in [2.24, 2.45) is 0 Å². The van der Waals surface area contributed by atoms with Gasteiger partial charge in [-0.15, -0.1) is 0 Å². The van der Waals surface area contributed by atoms with Gasteiger partial charge in [-0.3, -0.25) is 0 Å². The van der Waals surface area contributed by atoms with Gasteiger partial charge in [-0.2, -0.15) is 0 Å². The second-order valence-corrected chi connectivity index (χ2v) is 6.58. The van der Waals surface area contributed by atoms with Crippen LogP contribution in [-0.4, -0.2) is 7.11 Å². The molecule has 3 rings (SSSR count). The van der Waals surface area contributed by atoms with Crippen molar-refractivity contribution >= 4 is 10.9 Å². The molecule has 0 saturated heterocycles. The number of hydrogen-bond donors (Lipinski definition) is 0. The molecule has 104 valence electrons. The van der Waals surface area contributed by atoms with Crippen LogP contribution in [0.25, 0.3) is 0 Å². The average molecular weight is 293 g/mol. The molecule has 0 fully saturated rings. The number of hydrogen-bond acceptors (Lipinski definition) is 1. The van der Waals surface area contributed by atoms with Gasteiger partial charge in [0.05, 0.1) is 7.11 Å². The van der Waals surface area contributed by atoms with E-state index in [1.807, 2.05) is 12.1 Å². The zero-order valence-electron chi connectivity index (χ0n) is 11.9. The molecular formula is C19H17OS+. The molecule has 2 heteroatoms. The molecule has 0 saturated carbocycles. The summed E-state index contributed by atoms with van der Waals surface area (Å²) in [5.41, 5.74) is 0. The number of benzene rings is 3. The maximum absolute atomic E-state index is 5.58. The highest BCUT2D eigenvalue weighted by molar-refractivity contribution is 7.97. The van der Waals surface area contributed by atoms with E-state index in [1.165, 1.54) is 14.7 Å². The lowest BCUT2D eigenvalue weighted by Crippen LogP contribution is -2.06. The van der Waals surface area contributed by atoms with Gasteiger partial charge in [0.1, 0.15) is 10.9 Å². The monoisotopic (exact) mass is 293 g/mol. The third-order valence-corrected chi connectivity index (χ3v) is 5.51. The quantitative estimate of drug-likeness (QED) is 0.628. The lowest BCUT2D eigenvalue weighted by Gasteiger charge is -2.10. The van der Waals surface area contributed by atoms with Gasteiger partial charge in [0.2, 0.25) is 4.90 Å². The van der Waals surface area contributed by atoms with Crippen molar-refractivity contribution < 1.29 is 4.74 Å². The first-order valence-corrected chi connectivity index (χ1v) is 8.10. The lowest BCUT2D eigenvalue weighted by molar-refractivity contribution is 0.404. The van der Waals surface area contributed by atoms with Gasteiger partial charge in [0.25, 0.3) is 0 Å². The van der Waals surface area contributed by atoms with E-state index in [0.717, 1.165) is 5.75 Å². The molecule has 0 aliphatic carbocycles. The summed E-state index contributed by atoms with van der Waals surface area (Å²) >= 11 is 0. The predicted octanol–water partition coefficient (Wildman–Crippen LogP) is 4.79. The second kappa shape index (κ2) is 6.51. The average Bonchev–Trinajstić information content (AvgIpc) is 2.58. The second-order valence-electron chi connectivity index (χ2n) is 4.58. The van der Waals surface area contributed by atoms with Crippen molar-refractivity contribution in [1.29, 1.82) is 0 Å². The molecule has 21 heavy (non-hydrogen) atoms. The fourth-order valence-corrected chi connectivity index (χ4v) is 4.50. The van der Waals surface area contributed by atoms with E-state index >= 15 is 0 Å². The van der Waals surface area contributed by atoms with Gasteiger partial charge in [-0.1, -0.05) is 48.5 Å². The normalized spacial score (nSPS) is 10.6. The third kappa shape index (κ3) is 2.96. The van der Waals surface area contributed by atoms with Crippen molar-refractivity contribution in [3.05, 3.63) is 84.9 Å². The highest BCUT2D eigenvalue weighted by atomic mass is 32.2. The van der Waals surface area contributed by atoms with Crippen LogP contribution in [0.2, 0.25) is 0 Å². The third-order valence-electron chi connectivity index (χ3n) is 3.25. The molecule has 3 aromatic carbocycles. The SMILES string of the molecule is COc1ccccc1[S+](c1ccccc1)c1ccccc1. The Bertz CT molecular complexity index is 656. The minimum Gasteiger partial charge on any atom is -0.491 e. The van der Waals surface area contributed by atoms with E-state index in [0.29, 0.717) is 0 Å². The summed E-state index contributed by atoms with van der Waals surface area (Å²) in [7, 11) is 1.58. The van der Waals surface area contributed by atoms with E-state index in [4.69, 9.17) is 4.74 Å². The Morgan fingerprint density at radius 3 is 1.62 bits per heavy atom. The van der Waals surface area contributed by atoms with Crippen molar-refractivity contribution in [2.75, 3.05) is 7.11 Å². The fourth-order valence-electron chi connectivity index (χ4n) is 2.29. The van der Waals surface area contributed by atoms with Crippen LogP contribution in [0.1, 0.15) is 0 Å².